The molecule has 1 rings (SSSR count). The SMILES string of the molecule is Cc1cccc(NN[C@@H](CCC(N)=O)C(=O)O)c1. The van der Waals surface area contributed by atoms with Gasteiger partial charge >= 0.3 is 5.97 Å². The summed E-state index contributed by atoms with van der Waals surface area (Å²) in [6, 6.07) is 6.62. The number of hydrogen-bond donors (Lipinski definition) is 4. The Hall–Kier alpha value is -2.08. The molecule has 5 N–H and O–H groups in total. The van der Waals surface area contributed by atoms with Gasteiger partial charge in [0.2, 0.25) is 5.91 Å². The number of benzene rings is 1. The first kappa shape index (κ1) is 14.0. The fourth-order valence-electron chi connectivity index (χ4n) is 1.44. The Bertz CT molecular complexity index is 434. The predicted molar refractivity (Wildman–Crippen MR) is 67.8 cm³/mol. The lowest BCUT2D eigenvalue weighted by Gasteiger charge is -2.15. The highest BCUT2D eigenvalue weighted by molar-refractivity contribution is 5.77. The smallest absolute Gasteiger partial charge is 0.322 e. The summed E-state index contributed by atoms with van der Waals surface area (Å²) in [5.74, 6) is -1.55. The van der Waals surface area contributed by atoms with Crippen molar-refractivity contribution in [3.8, 4) is 0 Å². The molecule has 0 unspecified atom stereocenters. The van der Waals surface area contributed by atoms with Gasteiger partial charge in [0.15, 0.2) is 0 Å². The molecule has 1 aromatic carbocycles. The van der Waals surface area contributed by atoms with Crippen molar-refractivity contribution >= 4 is 17.6 Å². The Kier molecular flexibility index (Phi) is 5.13. The maximum Gasteiger partial charge on any atom is 0.322 e. The molecular formula is C12H17N3O3. The van der Waals surface area contributed by atoms with Crippen LogP contribution in [-0.2, 0) is 9.59 Å². The van der Waals surface area contributed by atoms with Crippen LogP contribution in [0.1, 0.15) is 18.4 Å². The zero-order valence-electron chi connectivity index (χ0n) is 10.1. The van der Waals surface area contributed by atoms with E-state index in [1.165, 1.54) is 0 Å². The molecule has 6 nitrogen and oxygen atoms in total. The van der Waals surface area contributed by atoms with Gasteiger partial charge in [0, 0.05) is 12.1 Å². The second kappa shape index (κ2) is 6.61. The lowest BCUT2D eigenvalue weighted by molar-refractivity contribution is -0.139. The van der Waals surface area contributed by atoms with Crippen LogP contribution in [0.4, 0.5) is 5.69 Å². The monoisotopic (exact) mass is 251 g/mol. The van der Waals surface area contributed by atoms with Gasteiger partial charge in [0.05, 0.1) is 0 Å². The number of aliphatic carboxylic acids is 1. The van der Waals surface area contributed by atoms with E-state index < -0.39 is 17.9 Å². The summed E-state index contributed by atoms with van der Waals surface area (Å²) >= 11 is 0. The second-order valence-electron chi connectivity index (χ2n) is 4.03. The van der Waals surface area contributed by atoms with Crippen molar-refractivity contribution in [2.24, 2.45) is 5.73 Å². The van der Waals surface area contributed by atoms with E-state index in [0.717, 1.165) is 11.3 Å². The summed E-state index contributed by atoms with van der Waals surface area (Å²) in [6.07, 6.45) is 0.170. The summed E-state index contributed by atoms with van der Waals surface area (Å²) in [5.41, 5.74) is 12.3. The minimum absolute atomic E-state index is 0.0272. The third-order valence-electron chi connectivity index (χ3n) is 2.39. The van der Waals surface area contributed by atoms with Crippen molar-refractivity contribution in [1.82, 2.24) is 5.43 Å². The van der Waals surface area contributed by atoms with E-state index in [1.807, 2.05) is 31.2 Å². The van der Waals surface area contributed by atoms with Gasteiger partial charge in [-0.25, -0.2) is 5.43 Å². The number of aryl methyl sites for hydroxylation is 1. The van der Waals surface area contributed by atoms with Crippen LogP contribution >= 0.6 is 0 Å². The van der Waals surface area contributed by atoms with Crippen LogP contribution in [0.15, 0.2) is 24.3 Å². The Morgan fingerprint density at radius 1 is 1.44 bits per heavy atom. The lowest BCUT2D eigenvalue weighted by Crippen LogP contribution is -2.41. The summed E-state index contributed by atoms with van der Waals surface area (Å²) in [6.45, 7) is 1.94. The molecule has 98 valence electrons. The number of carbonyl (C=O) groups is 2. The molecule has 1 atom stereocenters. The van der Waals surface area contributed by atoms with Gasteiger partial charge in [-0.2, -0.15) is 0 Å². The Labute approximate surface area is 105 Å². The molecule has 0 aliphatic rings. The first-order valence-electron chi connectivity index (χ1n) is 5.58. The fourth-order valence-corrected chi connectivity index (χ4v) is 1.44. The first-order chi connectivity index (χ1) is 8.49. The predicted octanol–water partition coefficient (Wildman–Crippen LogP) is 0.630. The van der Waals surface area contributed by atoms with E-state index in [4.69, 9.17) is 10.8 Å². The standard InChI is InChI=1S/C12H17N3O3/c1-8-3-2-4-9(7-8)14-15-10(12(17)18)5-6-11(13)16/h2-4,7,10,14-15H,5-6H2,1H3,(H2,13,16)(H,17,18)/t10-/m0/s1. The van der Waals surface area contributed by atoms with Crippen LogP contribution in [0.5, 0.6) is 0 Å². The molecule has 0 fully saturated rings. The van der Waals surface area contributed by atoms with Gasteiger partial charge in [-0.05, 0) is 31.0 Å². The fraction of sp³-hybridized carbons (Fsp3) is 0.333. The minimum Gasteiger partial charge on any atom is -0.480 e. The summed E-state index contributed by atoms with van der Waals surface area (Å²) in [7, 11) is 0. The van der Waals surface area contributed by atoms with Crippen molar-refractivity contribution in [2.75, 3.05) is 5.43 Å². The topological polar surface area (TPSA) is 104 Å². The van der Waals surface area contributed by atoms with Crippen LogP contribution in [0.2, 0.25) is 0 Å². The van der Waals surface area contributed by atoms with Gasteiger partial charge in [-0.15, -0.1) is 0 Å². The molecule has 18 heavy (non-hydrogen) atoms. The number of rotatable bonds is 7. The van der Waals surface area contributed by atoms with Crippen molar-refractivity contribution in [2.45, 2.75) is 25.8 Å². The number of nitrogens with one attached hydrogen (secondary N) is 2. The van der Waals surface area contributed by atoms with Gasteiger partial charge in [0.1, 0.15) is 6.04 Å². The van der Waals surface area contributed by atoms with Gasteiger partial charge in [-0.3, -0.25) is 9.59 Å². The number of carboxylic acids is 1. The van der Waals surface area contributed by atoms with Crippen molar-refractivity contribution in [3.05, 3.63) is 29.8 Å². The van der Waals surface area contributed by atoms with Crippen LogP contribution < -0.4 is 16.6 Å². The quantitative estimate of drug-likeness (QED) is 0.532. The summed E-state index contributed by atoms with van der Waals surface area (Å²) < 4.78 is 0. The zero-order chi connectivity index (χ0) is 13.5. The number of amides is 1. The normalized spacial score (nSPS) is 11.8. The Morgan fingerprint density at radius 2 is 2.17 bits per heavy atom. The highest BCUT2D eigenvalue weighted by Gasteiger charge is 2.17. The number of carbonyl (C=O) groups excluding carboxylic acids is 1. The van der Waals surface area contributed by atoms with E-state index in [1.54, 1.807) is 0 Å². The van der Waals surface area contributed by atoms with Crippen LogP contribution in [0.3, 0.4) is 0 Å². The number of nitrogens with two attached hydrogens (primary N) is 1. The van der Waals surface area contributed by atoms with E-state index in [9.17, 15) is 9.59 Å². The summed E-state index contributed by atoms with van der Waals surface area (Å²) in [5, 5.41) is 8.96. The molecule has 0 bridgehead atoms. The molecule has 0 radical (unpaired) electrons. The third kappa shape index (κ3) is 4.84. The maximum atomic E-state index is 10.9. The molecule has 0 aromatic heterocycles. The Morgan fingerprint density at radius 3 is 2.72 bits per heavy atom. The molecule has 0 aliphatic carbocycles. The van der Waals surface area contributed by atoms with Gasteiger partial charge in [-0.1, -0.05) is 12.1 Å². The zero-order valence-corrected chi connectivity index (χ0v) is 10.1. The third-order valence-corrected chi connectivity index (χ3v) is 2.39. The molecule has 0 heterocycles. The van der Waals surface area contributed by atoms with E-state index >= 15 is 0 Å². The molecule has 0 saturated heterocycles. The largest absolute Gasteiger partial charge is 0.480 e. The van der Waals surface area contributed by atoms with Crippen molar-refractivity contribution in [3.63, 3.8) is 0 Å². The average Bonchev–Trinajstić information content (AvgIpc) is 2.28. The van der Waals surface area contributed by atoms with Crippen molar-refractivity contribution in [1.29, 1.82) is 0 Å². The number of hydrazine groups is 1. The van der Waals surface area contributed by atoms with E-state index in [-0.39, 0.29) is 12.8 Å². The average molecular weight is 251 g/mol. The first-order valence-corrected chi connectivity index (χ1v) is 5.58. The number of hydrogen-bond acceptors (Lipinski definition) is 4. The van der Waals surface area contributed by atoms with Crippen molar-refractivity contribution < 1.29 is 14.7 Å². The molecule has 0 aliphatic heterocycles. The van der Waals surface area contributed by atoms with Crippen LogP contribution in [0.25, 0.3) is 0 Å². The second-order valence-corrected chi connectivity index (χ2v) is 4.03. The van der Waals surface area contributed by atoms with Crippen LogP contribution in [-0.4, -0.2) is 23.0 Å². The molecule has 1 amide bonds. The Balaban J connectivity index is 2.51. The molecule has 0 spiro atoms. The highest BCUT2D eigenvalue weighted by Crippen LogP contribution is 2.08. The number of carboxylic acid groups (broad SMARTS) is 1. The van der Waals surface area contributed by atoms with Gasteiger partial charge < -0.3 is 16.3 Å². The highest BCUT2D eigenvalue weighted by atomic mass is 16.4. The molecule has 6 heteroatoms. The number of anilines is 1. The minimum atomic E-state index is -1.03. The summed E-state index contributed by atoms with van der Waals surface area (Å²) in [4.78, 5) is 21.6. The van der Waals surface area contributed by atoms with E-state index in [2.05, 4.69) is 10.9 Å². The van der Waals surface area contributed by atoms with E-state index in [0.29, 0.717) is 0 Å². The molecular weight excluding hydrogens is 234 g/mol. The molecule has 1 aromatic rings. The molecule has 0 saturated carbocycles. The number of primary amides is 1. The van der Waals surface area contributed by atoms with Crippen LogP contribution in [0, 0.1) is 6.92 Å². The maximum absolute atomic E-state index is 10.9. The lowest BCUT2D eigenvalue weighted by atomic mass is 10.1. The van der Waals surface area contributed by atoms with Gasteiger partial charge in [0.25, 0.3) is 0 Å².